The standard InChI is InChI=1S/C15H16ClN.C2H4O2.K/c1-12-9-15(16)8-7-14(12)11-17-10-13-5-3-2-4-6-13;1-2(3)4;/h2-9,17H,10-11H2,1H3;1H3,(H,3,4);/q;;+1/p-1. The number of hydrogen-bond acceptors (Lipinski definition) is 3. The van der Waals surface area contributed by atoms with Gasteiger partial charge in [0.15, 0.2) is 0 Å². The van der Waals surface area contributed by atoms with Gasteiger partial charge in [0.2, 0.25) is 0 Å². The largest absolute Gasteiger partial charge is 1.00 e. The minimum absolute atomic E-state index is 0. The number of nitrogens with one attached hydrogen (secondary N) is 1. The summed E-state index contributed by atoms with van der Waals surface area (Å²) in [7, 11) is 0. The number of benzene rings is 2. The van der Waals surface area contributed by atoms with E-state index in [1.165, 1.54) is 16.7 Å². The Bertz CT molecular complexity index is 572. The van der Waals surface area contributed by atoms with Crippen LogP contribution in [-0.4, -0.2) is 5.97 Å². The van der Waals surface area contributed by atoms with Crippen molar-refractivity contribution in [2.45, 2.75) is 26.9 Å². The zero-order valence-corrected chi connectivity index (χ0v) is 17.1. The van der Waals surface area contributed by atoms with Gasteiger partial charge in [0.1, 0.15) is 0 Å². The van der Waals surface area contributed by atoms with Crippen molar-refractivity contribution < 1.29 is 61.3 Å². The van der Waals surface area contributed by atoms with Gasteiger partial charge in [-0.15, -0.1) is 0 Å². The van der Waals surface area contributed by atoms with E-state index in [1.807, 2.05) is 18.2 Å². The molecule has 0 heterocycles. The molecule has 0 unspecified atom stereocenters. The Labute approximate surface area is 179 Å². The molecule has 0 aliphatic carbocycles. The summed E-state index contributed by atoms with van der Waals surface area (Å²) in [4.78, 5) is 8.89. The van der Waals surface area contributed by atoms with Crippen LogP contribution in [0.1, 0.15) is 23.6 Å². The first-order valence-corrected chi connectivity index (χ1v) is 7.04. The molecule has 2 aromatic rings. The van der Waals surface area contributed by atoms with E-state index in [-0.39, 0.29) is 51.4 Å². The van der Waals surface area contributed by atoms with Gasteiger partial charge in [-0.1, -0.05) is 48.0 Å². The third-order valence-corrected chi connectivity index (χ3v) is 3.03. The van der Waals surface area contributed by atoms with Crippen molar-refractivity contribution in [1.29, 1.82) is 0 Å². The molecule has 0 saturated carbocycles. The molecule has 2 aromatic carbocycles. The third-order valence-electron chi connectivity index (χ3n) is 2.79. The van der Waals surface area contributed by atoms with Crippen LogP contribution in [0.3, 0.4) is 0 Å². The summed E-state index contributed by atoms with van der Waals surface area (Å²) < 4.78 is 0. The van der Waals surface area contributed by atoms with Gasteiger partial charge in [-0.25, -0.2) is 0 Å². The fraction of sp³-hybridized carbons (Fsp3) is 0.235. The molecule has 22 heavy (non-hydrogen) atoms. The Balaban J connectivity index is 0.000000791. The van der Waals surface area contributed by atoms with Crippen molar-refractivity contribution in [2.24, 2.45) is 0 Å². The number of carbonyl (C=O) groups excluding carboxylic acids is 1. The van der Waals surface area contributed by atoms with Gasteiger partial charge in [0.25, 0.3) is 0 Å². The first-order chi connectivity index (χ1) is 9.99. The van der Waals surface area contributed by atoms with E-state index < -0.39 is 5.97 Å². The summed E-state index contributed by atoms with van der Waals surface area (Å²) in [5.74, 6) is -1.08. The SMILES string of the molecule is CC(=O)[O-].Cc1cc(Cl)ccc1CNCc1ccccc1.[K+]. The molecule has 112 valence electrons. The topological polar surface area (TPSA) is 52.2 Å². The van der Waals surface area contributed by atoms with Crippen LogP contribution in [0.25, 0.3) is 0 Å². The molecule has 0 aliphatic rings. The summed E-state index contributed by atoms with van der Waals surface area (Å²) in [5, 5.41) is 13.1. The fourth-order valence-corrected chi connectivity index (χ4v) is 2.02. The number of halogens is 1. The van der Waals surface area contributed by atoms with Crippen molar-refractivity contribution >= 4 is 17.6 Å². The van der Waals surface area contributed by atoms with Gasteiger partial charge in [0.05, 0.1) is 0 Å². The predicted molar refractivity (Wildman–Crippen MR) is 83.9 cm³/mol. The molecule has 0 spiro atoms. The average Bonchev–Trinajstić information content (AvgIpc) is 2.42. The molecular formula is C17H19ClKNO2. The number of aryl methyl sites for hydroxylation is 1. The van der Waals surface area contributed by atoms with Gasteiger partial charge in [-0.2, -0.15) is 0 Å². The van der Waals surface area contributed by atoms with Crippen LogP contribution in [0.4, 0.5) is 0 Å². The number of aliphatic carboxylic acids is 1. The number of rotatable bonds is 4. The first kappa shape index (κ1) is 21.8. The summed E-state index contributed by atoms with van der Waals surface area (Å²) in [5.41, 5.74) is 3.84. The number of carbonyl (C=O) groups is 1. The maximum absolute atomic E-state index is 8.89. The molecule has 2 rings (SSSR count). The zero-order valence-electron chi connectivity index (χ0n) is 13.2. The molecular weight excluding hydrogens is 325 g/mol. The molecule has 0 saturated heterocycles. The van der Waals surface area contributed by atoms with E-state index in [0.29, 0.717) is 0 Å². The van der Waals surface area contributed by atoms with Gasteiger partial charge in [0, 0.05) is 24.1 Å². The van der Waals surface area contributed by atoms with Gasteiger partial charge < -0.3 is 15.2 Å². The van der Waals surface area contributed by atoms with Crippen LogP contribution < -0.4 is 61.8 Å². The minimum Gasteiger partial charge on any atom is -0.550 e. The summed E-state index contributed by atoms with van der Waals surface area (Å²) >= 11 is 5.93. The second-order valence-electron chi connectivity index (χ2n) is 4.65. The molecule has 0 bridgehead atoms. The van der Waals surface area contributed by atoms with E-state index in [4.69, 9.17) is 21.5 Å². The van der Waals surface area contributed by atoms with E-state index in [9.17, 15) is 0 Å². The first-order valence-electron chi connectivity index (χ1n) is 6.66. The van der Waals surface area contributed by atoms with Crippen LogP contribution in [0, 0.1) is 6.92 Å². The predicted octanol–water partition coefficient (Wildman–Crippen LogP) is -0.302. The van der Waals surface area contributed by atoms with Crippen molar-refractivity contribution in [3.8, 4) is 0 Å². The van der Waals surface area contributed by atoms with E-state index in [2.05, 4.69) is 42.6 Å². The van der Waals surface area contributed by atoms with Crippen molar-refractivity contribution in [1.82, 2.24) is 5.32 Å². The molecule has 0 atom stereocenters. The van der Waals surface area contributed by atoms with Crippen molar-refractivity contribution in [3.63, 3.8) is 0 Å². The van der Waals surface area contributed by atoms with Crippen LogP contribution in [-0.2, 0) is 17.9 Å². The Morgan fingerprint density at radius 1 is 1.14 bits per heavy atom. The Hall–Kier alpha value is -0.204. The number of carboxylic acid groups (broad SMARTS) is 1. The van der Waals surface area contributed by atoms with Crippen molar-refractivity contribution in [2.75, 3.05) is 0 Å². The number of hydrogen-bond donors (Lipinski definition) is 1. The van der Waals surface area contributed by atoms with Gasteiger partial charge >= 0.3 is 51.4 Å². The average molecular weight is 344 g/mol. The van der Waals surface area contributed by atoms with Gasteiger partial charge in [-0.05, 0) is 42.7 Å². The van der Waals surface area contributed by atoms with E-state index >= 15 is 0 Å². The smallest absolute Gasteiger partial charge is 0.550 e. The fourth-order valence-electron chi connectivity index (χ4n) is 1.80. The van der Waals surface area contributed by atoms with Gasteiger partial charge in [-0.3, -0.25) is 0 Å². The van der Waals surface area contributed by atoms with Crippen LogP contribution in [0.2, 0.25) is 5.02 Å². The molecule has 0 fully saturated rings. The minimum atomic E-state index is -1.08. The summed E-state index contributed by atoms with van der Waals surface area (Å²) in [6.45, 7) is 4.83. The van der Waals surface area contributed by atoms with E-state index in [1.54, 1.807) is 0 Å². The Morgan fingerprint density at radius 2 is 1.73 bits per heavy atom. The summed E-state index contributed by atoms with van der Waals surface area (Å²) in [6, 6.07) is 16.4. The van der Waals surface area contributed by atoms with Crippen LogP contribution >= 0.6 is 11.6 Å². The van der Waals surface area contributed by atoms with Crippen molar-refractivity contribution in [3.05, 3.63) is 70.2 Å². The third kappa shape index (κ3) is 9.74. The Kier molecular flexibility index (Phi) is 12.1. The monoisotopic (exact) mass is 343 g/mol. The molecule has 0 aliphatic heterocycles. The van der Waals surface area contributed by atoms with Crippen LogP contribution in [0.5, 0.6) is 0 Å². The maximum Gasteiger partial charge on any atom is 1.00 e. The molecule has 0 aromatic heterocycles. The molecule has 0 radical (unpaired) electrons. The molecule has 1 N–H and O–H groups in total. The molecule has 3 nitrogen and oxygen atoms in total. The van der Waals surface area contributed by atoms with E-state index in [0.717, 1.165) is 25.0 Å². The Morgan fingerprint density at radius 3 is 2.27 bits per heavy atom. The zero-order chi connectivity index (χ0) is 15.7. The number of carboxylic acids is 1. The molecule has 5 heteroatoms. The normalized spacial score (nSPS) is 9.23. The summed E-state index contributed by atoms with van der Waals surface area (Å²) in [6.07, 6.45) is 0. The molecule has 0 amide bonds. The second-order valence-corrected chi connectivity index (χ2v) is 5.09. The maximum atomic E-state index is 8.89. The quantitative estimate of drug-likeness (QED) is 0.775. The second kappa shape index (κ2) is 12.2. The van der Waals surface area contributed by atoms with Crippen LogP contribution in [0.15, 0.2) is 48.5 Å².